The molecule has 6 nitrogen and oxygen atoms in total. The first-order chi connectivity index (χ1) is 17.4. The Bertz CT molecular complexity index is 1380. The lowest BCUT2D eigenvalue weighted by Gasteiger charge is -2.24. The first kappa shape index (κ1) is 23.7. The van der Waals surface area contributed by atoms with Gasteiger partial charge >= 0.3 is 0 Å². The number of amides is 1. The lowest BCUT2D eigenvalue weighted by atomic mass is 9.85. The van der Waals surface area contributed by atoms with Crippen molar-refractivity contribution in [3.63, 3.8) is 0 Å². The van der Waals surface area contributed by atoms with E-state index in [1.165, 1.54) is 31.4 Å². The van der Waals surface area contributed by atoms with Crippen LogP contribution >= 0.6 is 0 Å². The van der Waals surface area contributed by atoms with E-state index in [4.69, 9.17) is 4.74 Å². The van der Waals surface area contributed by atoms with E-state index in [-0.39, 0.29) is 12.5 Å². The molecule has 1 saturated carbocycles. The number of hydrogen-bond acceptors (Lipinski definition) is 4. The van der Waals surface area contributed by atoms with Crippen molar-refractivity contribution in [1.29, 1.82) is 0 Å². The molecular formula is C28H26F2N4O2. The predicted molar refractivity (Wildman–Crippen MR) is 132 cm³/mol. The van der Waals surface area contributed by atoms with Crippen LogP contribution in [0.25, 0.3) is 11.3 Å². The lowest BCUT2D eigenvalue weighted by molar-refractivity contribution is 0.0950. The summed E-state index contributed by atoms with van der Waals surface area (Å²) < 4.78 is 34.9. The van der Waals surface area contributed by atoms with Crippen LogP contribution in [0.1, 0.15) is 40.7 Å². The fourth-order valence-corrected chi connectivity index (χ4v) is 4.26. The topological polar surface area (TPSA) is 69.0 Å². The van der Waals surface area contributed by atoms with Gasteiger partial charge in [-0.1, -0.05) is 12.5 Å². The quantitative estimate of drug-likeness (QED) is 0.328. The van der Waals surface area contributed by atoms with Gasteiger partial charge in [-0.05, 0) is 61.6 Å². The van der Waals surface area contributed by atoms with E-state index in [1.807, 2.05) is 23.1 Å². The zero-order valence-corrected chi connectivity index (χ0v) is 19.9. The standard InChI is InChI=1S/C28H26F2N4O2/c1-18-25(28(35)32-14-20-10-22(29)12-23(30)11-20)6-3-7-27(18)36-24-8-9-31-26(13-24)21-15-33-34(17-21)16-19-4-2-5-19/h3,6-13,15,17,19H,2,4-5,14,16H2,1H3,(H,32,35). The number of rotatable bonds is 8. The first-order valence-corrected chi connectivity index (χ1v) is 11.9. The van der Waals surface area contributed by atoms with E-state index in [0.717, 1.165) is 23.9 Å². The molecule has 1 fully saturated rings. The second-order valence-electron chi connectivity index (χ2n) is 9.12. The van der Waals surface area contributed by atoms with Crippen LogP contribution in [0, 0.1) is 24.5 Å². The van der Waals surface area contributed by atoms with E-state index in [9.17, 15) is 13.6 Å². The summed E-state index contributed by atoms with van der Waals surface area (Å²) in [6.45, 7) is 2.72. The number of nitrogens with one attached hydrogen (secondary N) is 1. The maximum atomic E-state index is 13.4. The Kier molecular flexibility index (Phi) is 6.75. The summed E-state index contributed by atoms with van der Waals surface area (Å²) in [6.07, 6.45) is 9.32. The third kappa shape index (κ3) is 5.43. The van der Waals surface area contributed by atoms with Gasteiger partial charge in [-0.2, -0.15) is 5.10 Å². The van der Waals surface area contributed by atoms with Crippen LogP contribution in [0.3, 0.4) is 0 Å². The number of benzene rings is 2. The zero-order valence-electron chi connectivity index (χ0n) is 19.9. The Morgan fingerprint density at radius 1 is 1.14 bits per heavy atom. The number of hydrogen-bond donors (Lipinski definition) is 1. The highest BCUT2D eigenvalue weighted by atomic mass is 19.1. The average Bonchev–Trinajstić information content (AvgIpc) is 3.30. The van der Waals surface area contributed by atoms with E-state index in [0.29, 0.717) is 34.1 Å². The number of carbonyl (C=O) groups excluding carboxylic acids is 1. The minimum absolute atomic E-state index is 0.000181. The molecule has 0 bridgehead atoms. The van der Waals surface area contributed by atoms with Gasteiger partial charge in [0.25, 0.3) is 5.91 Å². The molecule has 2 aromatic carbocycles. The van der Waals surface area contributed by atoms with E-state index < -0.39 is 11.6 Å². The van der Waals surface area contributed by atoms with Crippen LogP contribution in [0.5, 0.6) is 11.5 Å². The molecule has 0 radical (unpaired) electrons. The highest BCUT2D eigenvalue weighted by Crippen LogP contribution is 2.30. The molecule has 4 aromatic rings. The molecule has 0 saturated heterocycles. The Hall–Kier alpha value is -4.07. The van der Waals surface area contributed by atoms with Crippen molar-refractivity contribution in [3.05, 3.63) is 95.4 Å². The number of carbonyl (C=O) groups is 1. The number of ether oxygens (including phenoxy) is 1. The molecular weight excluding hydrogens is 462 g/mol. The summed E-state index contributed by atoms with van der Waals surface area (Å²) in [4.78, 5) is 17.2. The van der Waals surface area contributed by atoms with Crippen molar-refractivity contribution in [3.8, 4) is 22.8 Å². The van der Waals surface area contributed by atoms with Gasteiger partial charge in [0.2, 0.25) is 0 Å². The smallest absolute Gasteiger partial charge is 0.251 e. The van der Waals surface area contributed by atoms with Crippen LogP contribution < -0.4 is 10.1 Å². The van der Waals surface area contributed by atoms with Gasteiger partial charge in [0, 0.05) is 54.3 Å². The van der Waals surface area contributed by atoms with Crippen molar-refractivity contribution in [2.75, 3.05) is 0 Å². The summed E-state index contributed by atoms with van der Waals surface area (Å²) in [5.41, 5.74) is 3.06. The minimum Gasteiger partial charge on any atom is -0.457 e. The molecule has 184 valence electrons. The zero-order chi connectivity index (χ0) is 25.1. The van der Waals surface area contributed by atoms with Crippen molar-refractivity contribution >= 4 is 5.91 Å². The summed E-state index contributed by atoms with van der Waals surface area (Å²) in [5, 5.41) is 7.18. The second-order valence-corrected chi connectivity index (χ2v) is 9.12. The molecule has 8 heteroatoms. The van der Waals surface area contributed by atoms with Gasteiger partial charge < -0.3 is 10.1 Å². The maximum absolute atomic E-state index is 13.4. The number of halogens is 2. The molecule has 2 heterocycles. The predicted octanol–water partition coefficient (Wildman–Crippen LogP) is 6.05. The van der Waals surface area contributed by atoms with Gasteiger partial charge in [0.05, 0.1) is 11.9 Å². The van der Waals surface area contributed by atoms with Gasteiger partial charge in [-0.25, -0.2) is 8.78 Å². The van der Waals surface area contributed by atoms with Gasteiger partial charge in [0.1, 0.15) is 23.1 Å². The molecule has 1 amide bonds. The van der Waals surface area contributed by atoms with Gasteiger partial charge in [-0.15, -0.1) is 0 Å². The van der Waals surface area contributed by atoms with Crippen LogP contribution in [-0.4, -0.2) is 20.7 Å². The fourth-order valence-electron chi connectivity index (χ4n) is 4.26. The SMILES string of the molecule is Cc1c(Oc2ccnc(-c3cnn(CC4CCC4)c3)c2)cccc1C(=O)NCc1cc(F)cc(F)c1. The number of nitrogens with zero attached hydrogens (tertiary/aromatic N) is 3. The summed E-state index contributed by atoms with van der Waals surface area (Å²) in [6, 6.07) is 12.0. The van der Waals surface area contributed by atoms with Gasteiger partial charge in [0.15, 0.2) is 0 Å². The Morgan fingerprint density at radius 2 is 1.94 bits per heavy atom. The maximum Gasteiger partial charge on any atom is 0.251 e. The molecule has 1 aliphatic carbocycles. The molecule has 0 spiro atoms. The summed E-state index contributed by atoms with van der Waals surface area (Å²) in [7, 11) is 0. The van der Waals surface area contributed by atoms with Crippen LogP contribution in [0.2, 0.25) is 0 Å². The average molecular weight is 489 g/mol. The Balaban J connectivity index is 1.28. The molecule has 1 aliphatic rings. The monoisotopic (exact) mass is 488 g/mol. The van der Waals surface area contributed by atoms with E-state index >= 15 is 0 Å². The Labute approximate surface area is 207 Å². The lowest BCUT2D eigenvalue weighted by Crippen LogP contribution is -2.23. The number of pyridine rings is 1. The van der Waals surface area contributed by atoms with Gasteiger partial charge in [-0.3, -0.25) is 14.5 Å². The largest absolute Gasteiger partial charge is 0.457 e. The van der Waals surface area contributed by atoms with E-state index in [1.54, 1.807) is 37.4 Å². The third-order valence-corrected chi connectivity index (χ3v) is 6.46. The van der Waals surface area contributed by atoms with E-state index in [2.05, 4.69) is 15.4 Å². The summed E-state index contributed by atoms with van der Waals surface area (Å²) in [5.74, 6) is 0.0844. The molecule has 36 heavy (non-hydrogen) atoms. The van der Waals surface area contributed by atoms with Crippen LogP contribution in [0.15, 0.2) is 67.1 Å². The van der Waals surface area contributed by atoms with Crippen molar-refractivity contribution < 1.29 is 18.3 Å². The van der Waals surface area contributed by atoms with Crippen LogP contribution in [-0.2, 0) is 13.1 Å². The summed E-state index contributed by atoms with van der Waals surface area (Å²) >= 11 is 0. The highest BCUT2D eigenvalue weighted by Gasteiger charge is 2.18. The molecule has 0 unspecified atom stereocenters. The molecule has 5 rings (SSSR count). The molecule has 1 N–H and O–H groups in total. The Morgan fingerprint density at radius 3 is 2.69 bits per heavy atom. The second kappa shape index (κ2) is 10.3. The molecule has 2 aromatic heterocycles. The molecule has 0 atom stereocenters. The van der Waals surface area contributed by atoms with Crippen molar-refractivity contribution in [1.82, 2.24) is 20.1 Å². The normalized spacial score (nSPS) is 13.3. The minimum atomic E-state index is -0.687. The fraction of sp³-hybridized carbons (Fsp3) is 0.250. The first-order valence-electron chi connectivity index (χ1n) is 11.9. The number of aromatic nitrogens is 3. The highest BCUT2D eigenvalue weighted by molar-refractivity contribution is 5.96. The third-order valence-electron chi connectivity index (χ3n) is 6.46. The van der Waals surface area contributed by atoms with Crippen molar-refractivity contribution in [2.24, 2.45) is 5.92 Å². The molecule has 0 aliphatic heterocycles. The van der Waals surface area contributed by atoms with Crippen molar-refractivity contribution in [2.45, 2.75) is 39.3 Å². The van der Waals surface area contributed by atoms with Crippen LogP contribution in [0.4, 0.5) is 8.78 Å².